The van der Waals surface area contributed by atoms with Crippen molar-refractivity contribution in [2.75, 3.05) is 13.2 Å². The summed E-state index contributed by atoms with van der Waals surface area (Å²) in [6.45, 7) is 0.564. The van der Waals surface area contributed by atoms with Crippen LogP contribution in [0.1, 0.15) is 5.56 Å². The van der Waals surface area contributed by atoms with Gasteiger partial charge in [-0.3, -0.25) is 0 Å². The number of benzene rings is 1. The fourth-order valence-electron chi connectivity index (χ4n) is 0.959. The molecule has 0 amide bonds. The van der Waals surface area contributed by atoms with Gasteiger partial charge in [0.1, 0.15) is 6.61 Å². The Morgan fingerprint density at radius 3 is 2.71 bits per heavy atom. The number of carbonyl (C=O) groups excluding carboxylic acids is 1. The molecule has 0 aliphatic carbocycles. The van der Waals surface area contributed by atoms with Gasteiger partial charge in [-0.1, -0.05) is 29.3 Å². The van der Waals surface area contributed by atoms with Gasteiger partial charge in [0.05, 0.1) is 0 Å². The Labute approximate surface area is 120 Å². The van der Waals surface area contributed by atoms with E-state index in [1.54, 1.807) is 18.2 Å². The minimum Gasteiger partial charge on any atom is -0.456 e. The third-order valence-corrected chi connectivity index (χ3v) is 3.09. The predicted molar refractivity (Wildman–Crippen MR) is 75.4 cm³/mol. The van der Waals surface area contributed by atoms with Gasteiger partial charge in [-0.25, -0.2) is 4.79 Å². The third kappa shape index (κ3) is 6.38. The molecule has 0 bridgehead atoms. The number of carbonyl (C=O) groups is 1. The summed E-state index contributed by atoms with van der Waals surface area (Å²) in [6, 6.07) is 5.16. The van der Waals surface area contributed by atoms with Gasteiger partial charge < -0.3 is 10.5 Å². The number of halogens is 3. The molecule has 0 aliphatic heterocycles. The second-order valence-electron chi connectivity index (χ2n) is 2.91. The maximum atomic E-state index is 11.2. The molecule has 1 aromatic rings. The number of ether oxygens (including phenoxy) is 1. The molecule has 1 rings (SSSR count). The van der Waals surface area contributed by atoms with Gasteiger partial charge in [0.25, 0.3) is 0 Å². The number of thioether (sulfide) groups is 1. The zero-order chi connectivity index (χ0) is 12.0. The average Bonchev–Trinajstić information content (AvgIpc) is 2.25. The zero-order valence-corrected chi connectivity index (χ0v) is 12.0. The quantitative estimate of drug-likeness (QED) is 0.860. The van der Waals surface area contributed by atoms with Crippen molar-refractivity contribution in [3.63, 3.8) is 0 Å². The molecule has 0 unspecified atom stereocenters. The molecule has 0 radical (unpaired) electrons. The SMILES string of the molecule is Cl.NCCOC(=O)SCc1ccc(Cl)cc1Cl. The smallest absolute Gasteiger partial charge is 0.367 e. The molecule has 0 atom stereocenters. The Kier molecular flexibility index (Phi) is 8.82. The average molecular weight is 317 g/mol. The molecule has 7 heteroatoms. The standard InChI is InChI=1S/C10H11Cl2NO2S.ClH/c11-8-2-1-7(9(12)5-8)6-16-10(14)15-4-3-13;/h1-2,5H,3-4,6,13H2;1H. The molecular formula is C10H12Cl3NO2S. The summed E-state index contributed by atoms with van der Waals surface area (Å²) < 4.78 is 4.81. The Morgan fingerprint density at radius 1 is 1.41 bits per heavy atom. The lowest BCUT2D eigenvalue weighted by Gasteiger charge is -2.04. The Balaban J connectivity index is 0.00000256. The summed E-state index contributed by atoms with van der Waals surface area (Å²) in [6.07, 6.45) is 0. The van der Waals surface area contributed by atoms with Gasteiger partial charge in [-0.2, -0.15) is 0 Å². The fraction of sp³-hybridized carbons (Fsp3) is 0.300. The molecule has 3 nitrogen and oxygen atoms in total. The molecule has 0 saturated carbocycles. The van der Waals surface area contributed by atoms with E-state index in [1.165, 1.54) is 0 Å². The molecule has 0 aromatic heterocycles. The number of hydrogen-bond donors (Lipinski definition) is 1. The lowest BCUT2D eigenvalue weighted by atomic mass is 10.2. The van der Waals surface area contributed by atoms with Crippen LogP contribution in [0.5, 0.6) is 0 Å². The number of hydrogen-bond acceptors (Lipinski definition) is 4. The summed E-state index contributed by atoms with van der Waals surface area (Å²) in [5.41, 5.74) is 6.05. The van der Waals surface area contributed by atoms with Crippen molar-refractivity contribution in [3.8, 4) is 0 Å². The fourth-order valence-corrected chi connectivity index (χ4v) is 2.21. The van der Waals surface area contributed by atoms with Crippen LogP contribution in [-0.4, -0.2) is 18.5 Å². The molecule has 0 spiro atoms. The van der Waals surface area contributed by atoms with Crippen molar-refractivity contribution >= 4 is 52.7 Å². The van der Waals surface area contributed by atoms with Crippen LogP contribution in [0.15, 0.2) is 18.2 Å². The molecule has 0 saturated heterocycles. The van der Waals surface area contributed by atoms with Crippen molar-refractivity contribution < 1.29 is 9.53 Å². The zero-order valence-electron chi connectivity index (χ0n) is 8.82. The van der Waals surface area contributed by atoms with E-state index in [9.17, 15) is 4.79 Å². The molecule has 0 fully saturated rings. The first kappa shape index (κ1) is 16.9. The van der Waals surface area contributed by atoms with E-state index in [4.69, 9.17) is 33.7 Å². The summed E-state index contributed by atoms with van der Waals surface area (Å²) in [4.78, 5) is 11.2. The normalized spacial score (nSPS) is 9.59. The van der Waals surface area contributed by atoms with Crippen LogP contribution in [0, 0.1) is 0 Å². The lowest BCUT2D eigenvalue weighted by molar-refractivity contribution is 0.178. The van der Waals surface area contributed by atoms with Crippen molar-refractivity contribution in [1.29, 1.82) is 0 Å². The van der Waals surface area contributed by atoms with E-state index in [2.05, 4.69) is 0 Å². The maximum Gasteiger partial charge on any atom is 0.367 e. The van der Waals surface area contributed by atoms with E-state index in [1.807, 2.05) is 0 Å². The molecule has 96 valence electrons. The molecule has 0 heterocycles. The van der Waals surface area contributed by atoms with Crippen LogP contribution in [-0.2, 0) is 10.5 Å². The van der Waals surface area contributed by atoms with Crippen molar-refractivity contribution in [3.05, 3.63) is 33.8 Å². The largest absolute Gasteiger partial charge is 0.456 e. The second kappa shape index (κ2) is 8.89. The van der Waals surface area contributed by atoms with Gasteiger partial charge in [0, 0.05) is 22.3 Å². The Bertz CT molecular complexity index is 377. The summed E-state index contributed by atoms with van der Waals surface area (Å²) in [5, 5.41) is 0.771. The van der Waals surface area contributed by atoms with Gasteiger partial charge in [0.15, 0.2) is 0 Å². The van der Waals surface area contributed by atoms with Crippen LogP contribution in [0.2, 0.25) is 10.0 Å². The minimum atomic E-state index is -0.350. The summed E-state index contributed by atoms with van der Waals surface area (Å²) >= 11 is 12.7. The monoisotopic (exact) mass is 315 g/mol. The predicted octanol–water partition coefficient (Wildman–Crippen LogP) is 3.74. The number of nitrogens with two attached hydrogens (primary N) is 1. The molecule has 17 heavy (non-hydrogen) atoms. The second-order valence-corrected chi connectivity index (χ2v) is 4.67. The summed E-state index contributed by atoms with van der Waals surface area (Å²) in [7, 11) is 0. The third-order valence-electron chi connectivity index (χ3n) is 1.70. The van der Waals surface area contributed by atoms with Gasteiger partial charge in [-0.05, 0) is 29.5 Å². The van der Waals surface area contributed by atoms with E-state index in [0.29, 0.717) is 22.3 Å². The van der Waals surface area contributed by atoms with E-state index < -0.39 is 0 Å². The molecule has 1 aromatic carbocycles. The molecule has 2 N–H and O–H groups in total. The van der Waals surface area contributed by atoms with Gasteiger partial charge in [-0.15, -0.1) is 12.4 Å². The van der Waals surface area contributed by atoms with Crippen LogP contribution < -0.4 is 5.73 Å². The van der Waals surface area contributed by atoms with Crippen molar-refractivity contribution in [2.24, 2.45) is 5.73 Å². The van der Waals surface area contributed by atoms with E-state index >= 15 is 0 Å². The highest BCUT2D eigenvalue weighted by Gasteiger charge is 2.07. The summed E-state index contributed by atoms with van der Waals surface area (Å²) in [5.74, 6) is 0.458. The Morgan fingerprint density at radius 2 is 2.12 bits per heavy atom. The first-order chi connectivity index (χ1) is 7.63. The lowest BCUT2D eigenvalue weighted by Crippen LogP contribution is -2.10. The van der Waals surface area contributed by atoms with Crippen molar-refractivity contribution in [1.82, 2.24) is 0 Å². The van der Waals surface area contributed by atoms with E-state index in [0.717, 1.165) is 17.3 Å². The first-order valence-corrected chi connectivity index (χ1v) is 6.31. The first-order valence-electron chi connectivity index (χ1n) is 4.57. The molecule has 0 aliphatic rings. The van der Waals surface area contributed by atoms with Crippen LogP contribution >= 0.6 is 47.4 Å². The van der Waals surface area contributed by atoms with Crippen LogP contribution in [0.3, 0.4) is 0 Å². The van der Waals surface area contributed by atoms with Gasteiger partial charge in [0.2, 0.25) is 0 Å². The highest BCUT2D eigenvalue weighted by atomic mass is 35.5. The number of rotatable bonds is 4. The highest BCUT2D eigenvalue weighted by Crippen LogP contribution is 2.25. The maximum absolute atomic E-state index is 11.2. The van der Waals surface area contributed by atoms with Gasteiger partial charge >= 0.3 is 5.30 Å². The minimum absolute atomic E-state index is 0. The highest BCUT2D eigenvalue weighted by molar-refractivity contribution is 8.12. The van der Waals surface area contributed by atoms with Crippen LogP contribution in [0.25, 0.3) is 0 Å². The van der Waals surface area contributed by atoms with Crippen LogP contribution in [0.4, 0.5) is 4.79 Å². The topological polar surface area (TPSA) is 52.3 Å². The van der Waals surface area contributed by atoms with E-state index in [-0.39, 0.29) is 24.3 Å². The van der Waals surface area contributed by atoms with Crippen molar-refractivity contribution in [2.45, 2.75) is 5.75 Å². The molecular weight excluding hydrogens is 305 g/mol. The Hall–Kier alpha value is -0.130.